The summed E-state index contributed by atoms with van der Waals surface area (Å²) in [6, 6.07) is 7.20. The molecule has 19 heavy (non-hydrogen) atoms. The first kappa shape index (κ1) is 12.7. The zero-order valence-corrected chi connectivity index (χ0v) is 12.3. The molecule has 0 saturated heterocycles. The van der Waals surface area contributed by atoms with Crippen LogP contribution in [0.25, 0.3) is 0 Å². The van der Waals surface area contributed by atoms with Crippen LogP contribution >= 0.6 is 15.9 Å². The van der Waals surface area contributed by atoms with Gasteiger partial charge in [0.1, 0.15) is 6.10 Å². The molecular formula is C14H15BrO4. The fraction of sp³-hybridized carbons (Fsp3) is 0.429. The van der Waals surface area contributed by atoms with Crippen molar-refractivity contribution >= 4 is 27.9 Å². The van der Waals surface area contributed by atoms with E-state index in [1.807, 2.05) is 12.1 Å². The van der Waals surface area contributed by atoms with Crippen molar-refractivity contribution < 1.29 is 20.4 Å². The fourth-order valence-corrected chi connectivity index (χ4v) is 2.91. The minimum absolute atomic E-state index is 0.0583. The van der Waals surface area contributed by atoms with E-state index < -0.39 is 24.1 Å². The Morgan fingerprint density at radius 1 is 1.21 bits per heavy atom. The van der Waals surface area contributed by atoms with Crippen molar-refractivity contribution in [3.05, 3.63) is 35.4 Å². The van der Waals surface area contributed by atoms with Gasteiger partial charge in [0, 0.05) is 30.7 Å². The smallest absolute Gasteiger partial charge is 0.303 e. The molecule has 5 heteroatoms. The Bertz CT molecular complexity index is 548. The molecule has 1 aromatic rings. The lowest BCUT2D eigenvalue weighted by atomic mass is 9.87. The summed E-state index contributed by atoms with van der Waals surface area (Å²) in [6.45, 7) is 2.52. The Morgan fingerprint density at radius 3 is 2.37 bits per heavy atom. The van der Waals surface area contributed by atoms with Crippen molar-refractivity contribution in [2.45, 2.75) is 37.3 Å². The number of hydrogen-bond acceptors (Lipinski definition) is 4. The van der Waals surface area contributed by atoms with Crippen molar-refractivity contribution in [3.63, 3.8) is 0 Å². The lowest BCUT2D eigenvalue weighted by Crippen LogP contribution is -2.33. The van der Waals surface area contributed by atoms with Crippen LogP contribution in [0.5, 0.6) is 0 Å². The van der Waals surface area contributed by atoms with E-state index in [4.69, 9.17) is 10.8 Å². The Balaban J connectivity index is 2.51. The predicted octanol–water partition coefficient (Wildman–Crippen LogP) is 3.06. The van der Waals surface area contributed by atoms with Crippen LogP contribution in [0.2, 0.25) is 0 Å². The molecule has 0 saturated carbocycles. The van der Waals surface area contributed by atoms with Gasteiger partial charge in [0.25, 0.3) is 0 Å². The topological polar surface area (TPSA) is 52.6 Å². The standard InChI is InChI=1S/C14H15BrO4/c1-8(16)18-13-7-12(15)10-5-3-4-6-11(10)14(13)19-9(2)17/h3-6,12-14H,7H2,1-2H3/t12?,13-,14-/m0/s1/i14D. The third-order valence-electron chi connectivity index (χ3n) is 2.84. The summed E-state index contributed by atoms with van der Waals surface area (Å²) in [4.78, 5) is 22.5. The maximum atomic E-state index is 11.3. The maximum Gasteiger partial charge on any atom is 0.303 e. The molecule has 2 rings (SSSR count). The molecule has 0 amide bonds. The molecular weight excluding hydrogens is 312 g/mol. The summed E-state index contributed by atoms with van der Waals surface area (Å²) in [5.41, 5.74) is 1.40. The average Bonchev–Trinajstić information content (AvgIpc) is 2.35. The Morgan fingerprint density at radius 2 is 1.79 bits per heavy atom. The van der Waals surface area contributed by atoms with Gasteiger partial charge in [-0.1, -0.05) is 40.2 Å². The number of benzene rings is 1. The number of alkyl halides is 1. The molecule has 0 bridgehead atoms. The van der Waals surface area contributed by atoms with E-state index in [1.54, 1.807) is 12.1 Å². The molecule has 1 aliphatic rings. The number of carbonyl (C=O) groups excluding carboxylic acids is 2. The predicted molar refractivity (Wildman–Crippen MR) is 72.8 cm³/mol. The van der Waals surface area contributed by atoms with E-state index in [9.17, 15) is 9.59 Å². The molecule has 4 nitrogen and oxygen atoms in total. The van der Waals surface area contributed by atoms with Gasteiger partial charge in [-0.05, 0) is 5.56 Å². The lowest BCUT2D eigenvalue weighted by Gasteiger charge is -2.34. The van der Waals surface area contributed by atoms with Crippen LogP contribution in [0.4, 0.5) is 0 Å². The first-order chi connectivity index (χ1) is 9.34. The van der Waals surface area contributed by atoms with Gasteiger partial charge in [0.15, 0.2) is 6.08 Å². The van der Waals surface area contributed by atoms with Gasteiger partial charge in [0.2, 0.25) is 0 Å². The normalized spacial score (nSPS) is 29.9. The highest BCUT2D eigenvalue weighted by molar-refractivity contribution is 9.09. The summed E-state index contributed by atoms with van der Waals surface area (Å²) in [7, 11) is 0. The molecule has 102 valence electrons. The molecule has 0 spiro atoms. The van der Waals surface area contributed by atoms with Gasteiger partial charge in [-0.15, -0.1) is 0 Å². The molecule has 0 N–H and O–H groups in total. The molecule has 1 unspecified atom stereocenters. The van der Waals surface area contributed by atoms with Crippen LogP contribution in [0.1, 0.15) is 43.7 Å². The molecule has 0 radical (unpaired) electrons. The van der Waals surface area contributed by atoms with Gasteiger partial charge in [-0.3, -0.25) is 9.59 Å². The van der Waals surface area contributed by atoms with Gasteiger partial charge in [0.05, 0.1) is 1.37 Å². The quantitative estimate of drug-likeness (QED) is 0.618. The first-order valence-electron chi connectivity index (χ1n) is 6.45. The number of fused-ring (bicyclic) bond motifs is 1. The van der Waals surface area contributed by atoms with E-state index >= 15 is 0 Å². The summed E-state index contributed by atoms with van der Waals surface area (Å²) in [5.74, 6) is -1.09. The molecule has 0 fully saturated rings. The molecule has 0 aliphatic heterocycles. The van der Waals surface area contributed by atoms with Gasteiger partial charge < -0.3 is 9.47 Å². The van der Waals surface area contributed by atoms with Crippen LogP contribution in [-0.2, 0) is 19.1 Å². The number of rotatable bonds is 2. The molecule has 3 atom stereocenters. The third kappa shape index (κ3) is 3.15. The van der Waals surface area contributed by atoms with E-state index in [2.05, 4.69) is 15.9 Å². The number of hydrogen-bond donors (Lipinski definition) is 0. The monoisotopic (exact) mass is 327 g/mol. The van der Waals surface area contributed by atoms with Gasteiger partial charge in [-0.2, -0.15) is 0 Å². The van der Waals surface area contributed by atoms with E-state index in [1.165, 1.54) is 13.8 Å². The first-order valence-corrected chi connectivity index (χ1v) is 6.86. The minimum Gasteiger partial charge on any atom is -0.458 e. The van der Waals surface area contributed by atoms with Crippen molar-refractivity contribution in [2.75, 3.05) is 0 Å². The second-order valence-corrected chi connectivity index (χ2v) is 5.45. The highest BCUT2D eigenvalue weighted by atomic mass is 79.9. The van der Waals surface area contributed by atoms with Crippen LogP contribution in [0, 0.1) is 0 Å². The number of esters is 2. The second-order valence-electron chi connectivity index (χ2n) is 4.35. The summed E-state index contributed by atoms with van der Waals surface area (Å²) < 4.78 is 18.9. The summed E-state index contributed by atoms with van der Waals surface area (Å²) >= 11 is 3.52. The Hall–Kier alpha value is -1.36. The largest absolute Gasteiger partial charge is 0.458 e. The van der Waals surface area contributed by atoms with E-state index in [-0.39, 0.29) is 4.83 Å². The lowest BCUT2D eigenvalue weighted by molar-refractivity contribution is -0.167. The zero-order chi connectivity index (χ0) is 14.9. The molecule has 1 aliphatic carbocycles. The van der Waals surface area contributed by atoms with Crippen LogP contribution in [-0.4, -0.2) is 18.0 Å². The van der Waals surface area contributed by atoms with Crippen LogP contribution in [0.15, 0.2) is 24.3 Å². The third-order valence-corrected chi connectivity index (χ3v) is 3.71. The summed E-state index contributed by atoms with van der Waals surface area (Å²) in [6.07, 6.45) is -2.19. The van der Waals surface area contributed by atoms with Gasteiger partial charge >= 0.3 is 11.9 Å². The van der Waals surface area contributed by atoms with Crippen LogP contribution in [0.3, 0.4) is 0 Å². The fourth-order valence-electron chi connectivity index (χ4n) is 2.17. The van der Waals surface area contributed by atoms with Gasteiger partial charge in [-0.25, -0.2) is 0 Å². The average molecular weight is 328 g/mol. The van der Waals surface area contributed by atoms with Crippen molar-refractivity contribution in [2.24, 2.45) is 0 Å². The molecule has 0 heterocycles. The van der Waals surface area contributed by atoms with Crippen molar-refractivity contribution in [1.29, 1.82) is 0 Å². The minimum atomic E-state index is -1.71. The van der Waals surface area contributed by atoms with Crippen molar-refractivity contribution in [1.82, 2.24) is 0 Å². The van der Waals surface area contributed by atoms with E-state index in [0.29, 0.717) is 12.0 Å². The number of ether oxygens (including phenoxy) is 2. The summed E-state index contributed by atoms with van der Waals surface area (Å²) in [5, 5.41) is 0. The Labute approximate surface area is 121 Å². The van der Waals surface area contributed by atoms with Crippen LogP contribution < -0.4 is 0 Å². The Kier molecular flexibility index (Phi) is 3.82. The second kappa shape index (κ2) is 5.74. The SMILES string of the molecule is [2H][C@]1(OC(C)=O)c2ccccc2C(Br)C[C@@H]1OC(C)=O. The van der Waals surface area contributed by atoms with Crippen molar-refractivity contribution in [3.8, 4) is 0 Å². The molecule has 0 aromatic heterocycles. The zero-order valence-electron chi connectivity index (χ0n) is 11.7. The highest BCUT2D eigenvalue weighted by Gasteiger charge is 2.37. The highest BCUT2D eigenvalue weighted by Crippen LogP contribution is 2.43. The van der Waals surface area contributed by atoms with E-state index in [0.717, 1.165) is 5.56 Å². The number of carbonyl (C=O) groups is 2. The molecule has 1 aromatic carbocycles. The maximum absolute atomic E-state index is 11.3. The number of halogens is 1.